The lowest BCUT2D eigenvalue weighted by Crippen LogP contribution is -2.55. The van der Waals surface area contributed by atoms with E-state index in [-0.39, 0.29) is 24.4 Å². The fraction of sp³-hybridized carbons (Fsp3) is 0.643. The number of aliphatic carboxylic acids is 1. The Kier molecular flexibility index (Phi) is 5.99. The number of amides is 1. The standard InChI is InChI=1S/C14H20F3N3O4/c1-8-10(9(2)20(19-8)6-14(15,16)17)5-11(21)18-13(3,7-24-4)12(22)23/h5-7H2,1-4H3,(H,18,21)(H,22,23). The third-order valence-electron chi connectivity index (χ3n) is 3.52. The summed E-state index contributed by atoms with van der Waals surface area (Å²) in [4.78, 5) is 23.4. The average molecular weight is 351 g/mol. The van der Waals surface area contributed by atoms with E-state index in [1.165, 1.54) is 27.9 Å². The average Bonchev–Trinajstić information content (AvgIpc) is 2.64. The molecule has 0 saturated carbocycles. The molecule has 0 fully saturated rings. The van der Waals surface area contributed by atoms with Gasteiger partial charge in [0.2, 0.25) is 5.91 Å². The normalized spacial score (nSPS) is 14.3. The molecule has 1 aromatic heterocycles. The Hall–Kier alpha value is -2.10. The van der Waals surface area contributed by atoms with Gasteiger partial charge in [0.1, 0.15) is 6.54 Å². The van der Waals surface area contributed by atoms with Gasteiger partial charge in [-0.3, -0.25) is 9.48 Å². The number of hydrogen-bond acceptors (Lipinski definition) is 4. The van der Waals surface area contributed by atoms with Crippen LogP contribution in [0.5, 0.6) is 0 Å². The molecule has 0 aliphatic rings. The summed E-state index contributed by atoms with van der Waals surface area (Å²) >= 11 is 0. The lowest BCUT2D eigenvalue weighted by molar-refractivity contribution is -0.149. The molecule has 0 aliphatic carbocycles. The monoisotopic (exact) mass is 351 g/mol. The first-order valence-electron chi connectivity index (χ1n) is 7.02. The molecule has 0 saturated heterocycles. The minimum atomic E-state index is -4.43. The number of halogens is 3. The second kappa shape index (κ2) is 7.20. The molecular weight excluding hydrogens is 331 g/mol. The molecule has 2 N–H and O–H groups in total. The first kappa shape index (κ1) is 19.9. The minimum Gasteiger partial charge on any atom is -0.479 e. The van der Waals surface area contributed by atoms with Crippen LogP contribution in [0.1, 0.15) is 23.9 Å². The third kappa shape index (κ3) is 4.95. The van der Waals surface area contributed by atoms with Crippen molar-refractivity contribution in [3.8, 4) is 0 Å². The van der Waals surface area contributed by atoms with Crippen molar-refractivity contribution >= 4 is 11.9 Å². The number of carboxylic acids is 1. The maximum absolute atomic E-state index is 12.5. The number of nitrogens with zero attached hydrogens (tertiary/aromatic N) is 2. The Morgan fingerprint density at radius 3 is 2.38 bits per heavy atom. The Labute approximate surface area is 136 Å². The van der Waals surface area contributed by atoms with Gasteiger partial charge in [-0.1, -0.05) is 0 Å². The van der Waals surface area contributed by atoms with Gasteiger partial charge in [0.15, 0.2) is 5.54 Å². The first-order valence-corrected chi connectivity index (χ1v) is 7.02. The molecule has 7 nitrogen and oxygen atoms in total. The van der Waals surface area contributed by atoms with Crippen LogP contribution in [0.4, 0.5) is 13.2 Å². The fourth-order valence-electron chi connectivity index (χ4n) is 2.27. The van der Waals surface area contributed by atoms with E-state index < -0.39 is 30.1 Å². The number of carboxylic acid groups (broad SMARTS) is 1. The number of nitrogens with one attached hydrogen (secondary N) is 1. The number of hydrogen-bond donors (Lipinski definition) is 2. The van der Waals surface area contributed by atoms with Gasteiger partial charge < -0.3 is 15.2 Å². The summed E-state index contributed by atoms with van der Waals surface area (Å²) in [6, 6.07) is 0. The topological polar surface area (TPSA) is 93.5 Å². The molecule has 1 unspecified atom stereocenters. The molecule has 1 heterocycles. The van der Waals surface area contributed by atoms with Crippen LogP contribution >= 0.6 is 0 Å². The van der Waals surface area contributed by atoms with Crippen LogP contribution in [-0.4, -0.2) is 52.2 Å². The number of rotatable bonds is 7. The van der Waals surface area contributed by atoms with Gasteiger partial charge in [0.25, 0.3) is 0 Å². The summed E-state index contributed by atoms with van der Waals surface area (Å²) in [7, 11) is 1.29. The summed E-state index contributed by atoms with van der Waals surface area (Å²) in [6.45, 7) is 2.70. The van der Waals surface area contributed by atoms with Crippen LogP contribution in [0.3, 0.4) is 0 Å². The predicted molar refractivity (Wildman–Crippen MR) is 77.5 cm³/mol. The molecule has 0 aliphatic heterocycles. The molecule has 1 atom stereocenters. The molecule has 1 amide bonds. The van der Waals surface area contributed by atoms with Gasteiger partial charge in [-0.2, -0.15) is 18.3 Å². The van der Waals surface area contributed by atoms with E-state index >= 15 is 0 Å². The summed E-state index contributed by atoms with van der Waals surface area (Å²) < 4.78 is 43.1. The smallest absolute Gasteiger partial charge is 0.408 e. The third-order valence-corrected chi connectivity index (χ3v) is 3.52. The Morgan fingerprint density at radius 1 is 1.33 bits per heavy atom. The van der Waals surface area contributed by atoms with Gasteiger partial charge in [-0.15, -0.1) is 0 Å². The van der Waals surface area contributed by atoms with Crippen molar-refractivity contribution in [1.82, 2.24) is 15.1 Å². The number of carbonyl (C=O) groups is 2. The van der Waals surface area contributed by atoms with Crippen molar-refractivity contribution < 1.29 is 32.6 Å². The highest BCUT2D eigenvalue weighted by Gasteiger charge is 2.35. The van der Waals surface area contributed by atoms with Crippen molar-refractivity contribution in [2.75, 3.05) is 13.7 Å². The van der Waals surface area contributed by atoms with Crippen molar-refractivity contribution in [2.45, 2.75) is 45.5 Å². The Morgan fingerprint density at radius 2 is 1.92 bits per heavy atom. The maximum atomic E-state index is 12.5. The lowest BCUT2D eigenvalue weighted by Gasteiger charge is -2.25. The molecular formula is C14H20F3N3O4. The quantitative estimate of drug-likeness (QED) is 0.770. The largest absolute Gasteiger partial charge is 0.479 e. The van der Waals surface area contributed by atoms with Crippen LogP contribution in [0.15, 0.2) is 0 Å². The van der Waals surface area contributed by atoms with E-state index in [1.807, 2.05) is 0 Å². The van der Waals surface area contributed by atoms with Crippen LogP contribution in [0.2, 0.25) is 0 Å². The van der Waals surface area contributed by atoms with Crippen molar-refractivity contribution in [2.24, 2.45) is 0 Å². The van der Waals surface area contributed by atoms with E-state index in [0.717, 1.165) is 4.68 Å². The van der Waals surface area contributed by atoms with E-state index in [9.17, 15) is 27.9 Å². The molecule has 24 heavy (non-hydrogen) atoms. The second-order valence-electron chi connectivity index (χ2n) is 5.72. The van der Waals surface area contributed by atoms with Crippen LogP contribution in [0, 0.1) is 13.8 Å². The minimum absolute atomic E-state index is 0.212. The Balaban J connectivity index is 2.93. The Bertz CT molecular complexity index is 628. The molecule has 1 rings (SSSR count). The molecule has 0 radical (unpaired) electrons. The summed E-state index contributed by atoms with van der Waals surface area (Å²) in [5.41, 5.74) is -0.795. The summed E-state index contributed by atoms with van der Waals surface area (Å²) in [6.07, 6.45) is -4.70. The number of aromatic nitrogens is 2. The molecule has 0 spiro atoms. The summed E-state index contributed by atoms with van der Waals surface area (Å²) in [5.74, 6) is -1.92. The molecule has 1 aromatic rings. The van der Waals surface area contributed by atoms with Gasteiger partial charge in [-0.25, -0.2) is 4.79 Å². The van der Waals surface area contributed by atoms with Crippen molar-refractivity contribution in [1.29, 1.82) is 0 Å². The number of ether oxygens (including phenoxy) is 1. The van der Waals surface area contributed by atoms with Gasteiger partial charge in [0, 0.05) is 18.4 Å². The first-order chi connectivity index (χ1) is 10.9. The number of methoxy groups -OCH3 is 1. The van der Waals surface area contributed by atoms with E-state index in [2.05, 4.69) is 10.4 Å². The zero-order valence-corrected chi connectivity index (χ0v) is 13.8. The summed E-state index contributed by atoms with van der Waals surface area (Å²) in [5, 5.41) is 15.3. The zero-order chi connectivity index (χ0) is 18.7. The van der Waals surface area contributed by atoms with Crippen molar-refractivity contribution in [3.63, 3.8) is 0 Å². The van der Waals surface area contributed by atoms with Gasteiger partial charge in [0.05, 0.1) is 18.7 Å². The van der Waals surface area contributed by atoms with E-state index in [0.29, 0.717) is 5.56 Å². The van der Waals surface area contributed by atoms with Crippen LogP contribution in [0.25, 0.3) is 0 Å². The zero-order valence-electron chi connectivity index (χ0n) is 13.8. The van der Waals surface area contributed by atoms with E-state index in [4.69, 9.17) is 4.74 Å². The van der Waals surface area contributed by atoms with Crippen LogP contribution < -0.4 is 5.32 Å². The van der Waals surface area contributed by atoms with Gasteiger partial charge >= 0.3 is 12.1 Å². The maximum Gasteiger partial charge on any atom is 0.408 e. The van der Waals surface area contributed by atoms with Crippen LogP contribution in [-0.2, 0) is 27.3 Å². The second-order valence-corrected chi connectivity index (χ2v) is 5.72. The number of aryl methyl sites for hydroxylation is 1. The highest BCUT2D eigenvalue weighted by Crippen LogP contribution is 2.21. The highest BCUT2D eigenvalue weighted by molar-refractivity contribution is 5.88. The number of alkyl halides is 3. The number of carbonyl (C=O) groups excluding carboxylic acids is 1. The molecule has 0 bridgehead atoms. The molecule has 136 valence electrons. The fourth-order valence-corrected chi connectivity index (χ4v) is 2.27. The van der Waals surface area contributed by atoms with E-state index in [1.54, 1.807) is 0 Å². The van der Waals surface area contributed by atoms with Gasteiger partial charge in [-0.05, 0) is 20.8 Å². The molecule has 0 aromatic carbocycles. The van der Waals surface area contributed by atoms with Crippen molar-refractivity contribution in [3.05, 3.63) is 17.0 Å². The molecule has 10 heteroatoms. The highest BCUT2D eigenvalue weighted by atomic mass is 19.4. The predicted octanol–water partition coefficient (Wildman–Crippen LogP) is 1.21. The lowest BCUT2D eigenvalue weighted by atomic mass is 10.0. The SMILES string of the molecule is COCC(C)(NC(=O)Cc1c(C)nn(CC(F)(F)F)c1C)C(=O)O.